The van der Waals surface area contributed by atoms with Gasteiger partial charge in [0.25, 0.3) is 11.7 Å². The van der Waals surface area contributed by atoms with Gasteiger partial charge >= 0.3 is 5.97 Å². The van der Waals surface area contributed by atoms with E-state index >= 15 is 0 Å². The summed E-state index contributed by atoms with van der Waals surface area (Å²) < 4.78 is 10.6. The van der Waals surface area contributed by atoms with E-state index in [9.17, 15) is 19.5 Å². The second kappa shape index (κ2) is 11.6. The van der Waals surface area contributed by atoms with Crippen molar-refractivity contribution in [2.24, 2.45) is 0 Å². The first-order chi connectivity index (χ1) is 18.7. The Morgan fingerprint density at radius 2 is 1.69 bits per heavy atom. The van der Waals surface area contributed by atoms with E-state index in [1.807, 2.05) is 52.0 Å². The number of hydrogen-bond donors (Lipinski definition) is 1. The molecule has 1 aliphatic rings. The highest BCUT2D eigenvalue weighted by Gasteiger charge is 2.46. The van der Waals surface area contributed by atoms with Crippen molar-refractivity contribution in [3.8, 4) is 5.75 Å². The van der Waals surface area contributed by atoms with Crippen LogP contribution in [0.4, 0.5) is 0 Å². The molecule has 1 saturated heterocycles. The van der Waals surface area contributed by atoms with E-state index in [2.05, 4.69) is 0 Å². The Hall–Kier alpha value is -4.39. The van der Waals surface area contributed by atoms with Gasteiger partial charge in [-0.15, -0.1) is 0 Å². The number of carbonyl (C=O) groups is 3. The number of nitrogens with zero attached hydrogens (tertiary/aromatic N) is 1. The molecule has 1 N–H and O–H groups in total. The fourth-order valence-electron chi connectivity index (χ4n) is 4.86. The number of aliphatic hydroxyl groups is 1. The van der Waals surface area contributed by atoms with Crippen LogP contribution in [-0.2, 0) is 20.9 Å². The number of benzene rings is 3. The maximum Gasteiger partial charge on any atom is 0.338 e. The minimum atomic E-state index is -0.791. The van der Waals surface area contributed by atoms with Crippen molar-refractivity contribution in [3.63, 3.8) is 0 Å². The third-order valence-corrected chi connectivity index (χ3v) is 6.87. The molecule has 1 aliphatic heterocycles. The molecule has 0 aliphatic carbocycles. The number of aliphatic hydroxyl groups excluding tert-OH is 1. The molecule has 7 nitrogen and oxygen atoms in total. The summed E-state index contributed by atoms with van der Waals surface area (Å²) in [6.45, 7) is 7.99. The van der Waals surface area contributed by atoms with Crippen LogP contribution in [0.15, 0.2) is 66.2 Å². The van der Waals surface area contributed by atoms with Crippen molar-refractivity contribution in [2.75, 3.05) is 13.7 Å². The van der Waals surface area contributed by atoms with Crippen LogP contribution < -0.4 is 4.74 Å². The Kier molecular flexibility index (Phi) is 8.19. The first-order valence-electron chi connectivity index (χ1n) is 12.9. The highest BCUT2D eigenvalue weighted by molar-refractivity contribution is 6.46. The average molecular weight is 528 g/mol. The third kappa shape index (κ3) is 5.58. The van der Waals surface area contributed by atoms with E-state index in [0.717, 1.165) is 34.2 Å². The zero-order valence-corrected chi connectivity index (χ0v) is 22.9. The van der Waals surface area contributed by atoms with Crippen molar-refractivity contribution in [3.05, 3.63) is 105 Å². The van der Waals surface area contributed by atoms with E-state index in [4.69, 9.17) is 9.47 Å². The van der Waals surface area contributed by atoms with Crippen molar-refractivity contribution < 1.29 is 29.0 Å². The van der Waals surface area contributed by atoms with Crippen LogP contribution in [0.3, 0.4) is 0 Å². The molecule has 7 heteroatoms. The van der Waals surface area contributed by atoms with E-state index in [1.54, 1.807) is 43.5 Å². The van der Waals surface area contributed by atoms with Gasteiger partial charge in [0.05, 0.1) is 30.9 Å². The topological polar surface area (TPSA) is 93.1 Å². The first kappa shape index (κ1) is 27.6. The summed E-state index contributed by atoms with van der Waals surface area (Å²) in [6, 6.07) is 17.1. The minimum Gasteiger partial charge on any atom is -0.507 e. The number of amides is 1. The maximum absolute atomic E-state index is 13.5. The summed E-state index contributed by atoms with van der Waals surface area (Å²) in [5.41, 5.74) is 4.85. The monoisotopic (exact) mass is 527 g/mol. The maximum atomic E-state index is 13.5. The number of methoxy groups -OCH3 is 1. The Bertz CT molecular complexity index is 1450. The van der Waals surface area contributed by atoms with Crippen LogP contribution in [0.2, 0.25) is 0 Å². The van der Waals surface area contributed by atoms with Gasteiger partial charge in [-0.05, 0) is 73.7 Å². The SMILES string of the molecule is CCCOC(=O)c1ccc(CN2C(=O)C(=O)/C(=C(/O)c3cc(C)c(OC)cc3C)C2c2cccc(C)c2)cc1. The number of rotatable bonds is 8. The van der Waals surface area contributed by atoms with Crippen LogP contribution in [0, 0.1) is 20.8 Å². The summed E-state index contributed by atoms with van der Waals surface area (Å²) in [7, 11) is 1.57. The van der Waals surface area contributed by atoms with E-state index in [-0.39, 0.29) is 17.9 Å². The molecule has 1 unspecified atom stereocenters. The lowest BCUT2D eigenvalue weighted by Gasteiger charge is -2.26. The smallest absolute Gasteiger partial charge is 0.338 e. The van der Waals surface area contributed by atoms with Gasteiger partial charge in [0.2, 0.25) is 0 Å². The molecule has 1 atom stereocenters. The second-order valence-corrected chi connectivity index (χ2v) is 9.81. The van der Waals surface area contributed by atoms with Crippen molar-refractivity contribution >= 4 is 23.4 Å². The molecule has 202 valence electrons. The fraction of sp³-hybridized carbons (Fsp3) is 0.281. The van der Waals surface area contributed by atoms with Gasteiger partial charge in [-0.25, -0.2) is 4.79 Å². The fourth-order valence-corrected chi connectivity index (χ4v) is 4.86. The van der Waals surface area contributed by atoms with Gasteiger partial charge in [0, 0.05) is 12.1 Å². The standard InChI is InChI=1S/C32H33NO6/c1-6-14-39-32(37)23-12-10-22(11-13-23)18-33-28(24-9-7-8-19(2)15-24)27(30(35)31(33)36)29(34)25-16-21(4)26(38-5)17-20(25)3/h7-13,15-17,28,34H,6,14,18H2,1-5H3/b29-27+. The summed E-state index contributed by atoms with van der Waals surface area (Å²) in [5, 5.41) is 11.5. The van der Waals surface area contributed by atoms with Crippen LogP contribution in [-0.4, -0.2) is 41.4 Å². The van der Waals surface area contributed by atoms with Crippen LogP contribution in [0.1, 0.15) is 63.1 Å². The van der Waals surface area contributed by atoms with E-state index < -0.39 is 23.7 Å². The summed E-state index contributed by atoms with van der Waals surface area (Å²) in [4.78, 5) is 40.5. The van der Waals surface area contributed by atoms with Gasteiger partial charge in [-0.2, -0.15) is 0 Å². The molecule has 1 amide bonds. The van der Waals surface area contributed by atoms with Gasteiger partial charge in [-0.3, -0.25) is 9.59 Å². The van der Waals surface area contributed by atoms with Crippen LogP contribution in [0.25, 0.3) is 5.76 Å². The zero-order valence-electron chi connectivity index (χ0n) is 22.9. The number of likely N-dealkylation sites (tertiary alicyclic amines) is 1. The average Bonchev–Trinajstić information content (AvgIpc) is 3.17. The van der Waals surface area contributed by atoms with Gasteiger partial charge in [0.1, 0.15) is 11.5 Å². The van der Waals surface area contributed by atoms with Crippen LogP contribution in [0.5, 0.6) is 5.75 Å². The van der Waals surface area contributed by atoms with Gasteiger partial charge in [0.15, 0.2) is 0 Å². The molecular formula is C32H33NO6. The highest BCUT2D eigenvalue weighted by Crippen LogP contribution is 2.41. The number of aryl methyl sites for hydroxylation is 3. The second-order valence-electron chi connectivity index (χ2n) is 9.81. The number of esters is 1. The molecule has 0 radical (unpaired) electrons. The first-order valence-corrected chi connectivity index (χ1v) is 12.9. The Labute approximate surface area is 228 Å². The lowest BCUT2D eigenvalue weighted by molar-refractivity contribution is -0.140. The molecule has 3 aromatic carbocycles. The normalized spacial score (nSPS) is 16.4. The predicted molar refractivity (Wildman–Crippen MR) is 149 cm³/mol. The minimum absolute atomic E-state index is 0.0398. The zero-order chi connectivity index (χ0) is 28.3. The Morgan fingerprint density at radius 3 is 2.33 bits per heavy atom. The van der Waals surface area contributed by atoms with Crippen molar-refractivity contribution in [1.82, 2.24) is 4.90 Å². The molecule has 0 aromatic heterocycles. The predicted octanol–water partition coefficient (Wildman–Crippen LogP) is 5.81. The van der Waals surface area contributed by atoms with E-state index in [0.29, 0.717) is 23.5 Å². The van der Waals surface area contributed by atoms with Crippen LogP contribution >= 0.6 is 0 Å². The highest BCUT2D eigenvalue weighted by atomic mass is 16.5. The molecule has 39 heavy (non-hydrogen) atoms. The molecule has 4 rings (SSSR count). The molecule has 1 fully saturated rings. The summed E-state index contributed by atoms with van der Waals surface area (Å²) >= 11 is 0. The van der Waals surface area contributed by atoms with Gasteiger partial charge in [-0.1, -0.05) is 48.9 Å². The molecule has 0 bridgehead atoms. The quantitative estimate of drug-likeness (QED) is 0.172. The van der Waals surface area contributed by atoms with E-state index in [1.165, 1.54) is 4.90 Å². The van der Waals surface area contributed by atoms with Gasteiger partial charge < -0.3 is 19.5 Å². The summed E-state index contributed by atoms with van der Waals surface area (Å²) in [6.07, 6.45) is 0.730. The molecule has 0 spiro atoms. The lowest BCUT2D eigenvalue weighted by atomic mass is 9.92. The Morgan fingerprint density at radius 1 is 0.974 bits per heavy atom. The molecule has 1 heterocycles. The molecular weight excluding hydrogens is 494 g/mol. The number of ether oxygens (including phenoxy) is 2. The number of carbonyl (C=O) groups excluding carboxylic acids is 3. The summed E-state index contributed by atoms with van der Waals surface area (Å²) in [5.74, 6) is -1.40. The van der Waals surface area contributed by atoms with Crippen molar-refractivity contribution in [2.45, 2.75) is 46.7 Å². The number of Topliss-reactive ketones (excluding diaryl/α,β-unsaturated/α-hetero) is 1. The number of hydrogen-bond acceptors (Lipinski definition) is 6. The van der Waals surface area contributed by atoms with Crippen molar-refractivity contribution in [1.29, 1.82) is 0 Å². The Balaban J connectivity index is 1.78. The third-order valence-electron chi connectivity index (χ3n) is 6.87. The largest absolute Gasteiger partial charge is 0.507 e. The lowest BCUT2D eigenvalue weighted by Crippen LogP contribution is -2.29. The molecule has 0 saturated carbocycles. The number of ketones is 1. The molecule has 3 aromatic rings.